The molecule has 0 fully saturated rings. The lowest BCUT2D eigenvalue weighted by Gasteiger charge is -2.04. The molecule has 2 aromatic rings. The number of hydrogen-bond acceptors (Lipinski definition) is 5. The van der Waals surface area contributed by atoms with E-state index in [1.165, 1.54) is 0 Å². The number of aromatic nitrogens is 2. The maximum Gasteiger partial charge on any atom is 0.317 e. The number of rotatable bonds is 5. The van der Waals surface area contributed by atoms with E-state index in [1.807, 2.05) is 0 Å². The van der Waals surface area contributed by atoms with Crippen LogP contribution >= 0.6 is 23.4 Å². The highest BCUT2D eigenvalue weighted by atomic mass is 35.5. The van der Waals surface area contributed by atoms with Gasteiger partial charge in [-0.25, -0.2) is 0 Å². The van der Waals surface area contributed by atoms with Crippen LogP contribution in [0.15, 0.2) is 33.9 Å². The number of carbonyl (C=O) groups is 1. The lowest BCUT2D eigenvalue weighted by molar-refractivity contribution is -0.136. The monoisotopic (exact) mass is 298 g/mol. The highest BCUT2D eigenvalue weighted by molar-refractivity contribution is 8.00. The number of benzene rings is 1. The number of nitrogens with zero attached hydrogens (tertiary/aromatic N) is 2. The number of carboxylic acids is 1. The summed E-state index contributed by atoms with van der Waals surface area (Å²) >= 11 is 6.84. The molecule has 0 aliphatic heterocycles. The molecule has 0 spiro atoms. The van der Waals surface area contributed by atoms with Gasteiger partial charge in [-0.2, -0.15) is 0 Å². The maximum atomic E-state index is 10.9. The maximum absolute atomic E-state index is 10.9. The molecule has 5 nitrogen and oxygen atoms in total. The minimum absolute atomic E-state index is 0.249. The Morgan fingerprint density at radius 3 is 2.68 bits per heavy atom. The van der Waals surface area contributed by atoms with Crippen LogP contribution in [-0.4, -0.2) is 26.5 Å². The van der Waals surface area contributed by atoms with Crippen molar-refractivity contribution >= 4 is 29.3 Å². The molecule has 1 aromatic heterocycles. The van der Waals surface area contributed by atoms with Crippen molar-refractivity contribution in [1.82, 2.24) is 10.2 Å². The van der Waals surface area contributed by atoms with Gasteiger partial charge in [0.1, 0.15) is 5.25 Å². The molecule has 0 amide bonds. The number of aliphatic carboxylic acids is 1. The van der Waals surface area contributed by atoms with Crippen molar-refractivity contribution < 1.29 is 14.3 Å². The molecule has 0 aliphatic rings. The molecule has 0 bridgehead atoms. The molecular weight excluding hydrogens is 288 g/mol. The fourth-order valence-electron chi connectivity index (χ4n) is 1.40. The average Bonchev–Trinajstić information content (AvgIpc) is 2.85. The topological polar surface area (TPSA) is 76.2 Å². The highest BCUT2D eigenvalue weighted by Crippen LogP contribution is 2.28. The first-order valence-corrected chi connectivity index (χ1v) is 6.85. The highest BCUT2D eigenvalue weighted by Gasteiger charge is 2.20. The Labute approximate surface area is 119 Å². The van der Waals surface area contributed by atoms with Crippen molar-refractivity contribution in [3.05, 3.63) is 29.3 Å². The Bertz CT molecular complexity index is 571. The summed E-state index contributed by atoms with van der Waals surface area (Å²) in [5.74, 6) is -0.543. The zero-order valence-corrected chi connectivity index (χ0v) is 11.6. The quantitative estimate of drug-likeness (QED) is 0.853. The summed E-state index contributed by atoms with van der Waals surface area (Å²) in [6.07, 6.45) is 0.485. The van der Waals surface area contributed by atoms with Gasteiger partial charge in [0, 0.05) is 10.6 Å². The zero-order chi connectivity index (χ0) is 13.8. The van der Waals surface area contributed by atoms with Gasteiger partial charge in [0.25, 0.3) is 5.22 Å². The van der Waals surface area contributed by atoms with E-state index >= 15 is 0 Å². The molecule has 100 valence electrons. The largest absolute Gasteiger partial charge is 0.480 e. The first-order valence-electron chi connectivity index (χ1n) is 5.59. The Balaban J connectivity index is 2.15. The number of carboxylic acid groups (broad SMARTS) is 1. The smallest absolute Gasteiger partial charge is 0.317 e. The fourth-order valence-corrected chi connectivity index (χ4v) is 2.25. The summed E-state index contributed by atoms with van der Waals surface area (Å²) in [4.78, 5) is 10.9. The minimum Gasteiger partial charge on any atom is -0.480 e. The molecule has 1 unspecified atom stereocenters. The summed E-state index contributed by atoms with van der Waals surface area (Å²) in [5, 5.41) is 17.0. The standard InChI is InChI=1S/C12H11ClN2O3S/c1-2-9(11(16)17)19-12-15-14-10(18-12)7-3-5-8(13)6-4-7/h3-6,9H,2H2,1H3,(H,16,17). The van der Waals surface area contributed by atoms with Crippen LogP contribution in [0.5, 0.6) is 0 Å². The van der Waals surface area contributed by atoms with E-state index in [0.29, 0.717) is 17.3 Å². The van der Waals surface area contributed by atoms with Crippen molar-refractivity contribution in [1.29, 1.82) is 0 Å². The lowest BCUT2D eigenvalue weighted by atomic mass is 10.2. The van der Waals surface area contributed by atoms with Crippen LogP contribution in [0.25, 0.3) is 11.5 Å². The Kier molecular flexibility index (Phi) is 4.44. The summed E-state index contributed by atoms with van der Waals surface area (Å²) in [6, 6.07) is 6.97. The third kappa shape index (κ3) is 3.48. The van der Waals surface area contributed by atoms with Gasteiger partial charge in [-0.05, 0) is 30.7 Å². The molecule has 0 saturated heterocycles. The van der Waals surface area contributed by atoms with Crippen LogP contribution in [0.1, 0.15) is 13.3 Å². The van der Waals surface area contributed by atoms with Gasteiger partial charge in [-0.3, -0.25) is 4.79 Å². The van der Waals surface area contributed by atoms with E-state index in [0.717, 1.165) is 17.3 Å². The van der Waals surface area contributed by atoms with Crippen molar-refractivity contribution in [2.45, 2.75) is 23.8 Å². The average molecular weight is 299 g/mol. The van der Waals surface area contributed by atoms with Gasteiger partial charge in [0.2, 0.25) is 5.89 Å². The molecule has 7 heteroatoms. The second-order valence-corrected chi connectivity index (χ2v) is 5.32. The van der Waals surface area contributed by atoms with E-state index in [1.54, 1.807) is 31.2 Å². The number of hydrogen-bond donors (Lipinski definition) is 1. The van der Waals surface area contributed by atoms with Gasteiger partial charge in [0.05, 0.1) is 0 Å². The van der Waals surface area contributed by atoms with Crippen LogP contribution < -0.4 is 0 Å². The third-order valence-corrected chi connectivity index (χ3v) is 3.83. The SMILES string of the molecule is CCC(Sc1nnc(-c2ccc(Cl)cc2)o1)C(=O)O. The van der Waals surface area contributed by atoms with Crippen LogP contribution in [0.3, 0.4) is 0 Å². The molecule has 0 radical (unpaired) electrons. The minimum atomic E-state index is -0.890. The van der Waals surface area contributed by atoms with Crippen molar-refractivity contribution in [3.63, 3.8) is 0 Å². The van der Waals surface area contributed by atoms with E-state index < -0.39 is 11.2 Å². The third-order valence-electron chi connectivity index (χ3n) is 2.39. The van der Waals surface area contributed by atoms with Gasteiger partial charge < -0.3 is 9.52 Å². The first kappa shape index (κ1) is 13.9. The molecule has 1 N–H and O–H groups in total. The Hall–Kier alpha value is -1.53. The van der Waals surface area contributed by atoms with Crippen LogP contribution in [0.2, 0.25) is 5.02 Å². The molecule has 19 heavy (non-hydrogen) atoms. The van der Waals surface area contributed by atoms with Crippen molar-refractivity contribution in [3.8, 4) is 11.5 Å². The van der Waals surface area contributed by atoms with Gasteiger partial charge in [-0.1, -0.05) is 30.3 Å². The predicted octanol–water partition coefficient (Wildman–Crippen LogP) is 3.35. The predicted molar refractivity (Wildman–Crippen MR) is 72.3 cm³/mol. The molecule has 1 atom stereocenters. The van der Waals surface area contributed by atoms with Crippen LogP contribution in [0.4, 0.5) is 0 Å². The second kappa shape index (κ2) is 6.08. The van der Waals surface area contributed by atoms with Gasteiger partial charge >= 0.3 is 5.97 Å². The Morgan fingerprint density at radius 1 is 1.42 bits per heavy atom. The fraction of sp³-hybridized carbons (Fsp3) is 0.250. The van der Waals surface area contributed by atoms with Crippen molar-refractivity contribution in [2.75, 3.05) is 0 Å². The van der Waals surface area contributed by atoms with Gasteiger partial charge in [-0.15, -0.1) is 10.2 Å². The molecule has 2 rings (SSSR count). The summed E-state index contributed by atoms with van der Waals surface area (Å²) in [6.45, 7) is 1.79. The summed E-state index contributed by atoms with van der Waals surface area (Å²) in [7, 11) is 0. The lowest BCUT2D eigenvalue weighted by Crippen LogP contribution is -2.14. The zero-order valence-electron chi connectivity index (χ0n) is 10.0. The van der Waals surface area contributed by atoms with Crippen LogP contribution in [-0.2, 0) is 4.79 Å². The van der Waals surface area contributed by atoms with E-state index in [-0.39, 0.29) is 5.22 Å². The number of thioether (sulfide) groups is 1. The van der Waals surface area contributed by atoms with E-state index in [4.69, 9.17) is 21.1 Å². The summed E-state index contributed by atoms with van der Waals surface area (Å²) in [5.41, 5.74) is 0.743. The number of halogens is 1. The van der Waals surface area contributed by atoms with E-state index in [9.17, 15) is 4.79 Å². The second-order valence-electron chi connectivity index (χ2n) is 3.73. The Morgan fingerprint density at radius 2 is 2.11 bits per heavy atom. The molecule has 1 heterocycles. The summed E-state index contributed by atoms with van der Waals surface area (Å²) < 4.78 is 5.43. The first-order chi connectivity index (χ1) is 9.10. The van der Waals surface area contributed by atoms with E-state index in [2.05, 4.69) is 10.2 Å². The molecule has 1 aromatic carbocycles. The van der Waals surface area contributed by atoms with Crippen molar-refractivity contribution in [2.24, 2.45) is 0 Å². The van der Waals surface area contributed by atoms with Crippen LogP contribution in [0, 0.1) is 0 Å². The van der Waals surface area contributed by atoms with Gasteiger partial charge in [0.15, 0.2) is 0 Å². The molecular formula is C12H11ClN2O3S. The normalized spacial score (nSPS) is 12.3. The molecule has 0 aliphatic carbocycles. The molecule has 0 saturated carbocycles.